The summed E-state index contributed by atoms with van der Waals surface area (Å²) in [7, 11) is 0. The molecule has 0 amide bonds. The van der Waals surface area contributed by atoms with E-state index in [2.05, 4.69) is 10.2 Å². The van der Waals surface area contributed by atoms with Crippen molar-refractivity contribution < 1.29 is 9.50 Å². The van der Waals surface area contributed by atoms with E-state index in [0.29, 0.717) is 5.56 Å². The maximum absolute atomic E-state index is 13.2. The third kappa shape index (κ3) is 2.18. The first-order chi connectivity index (χ1) is 7.70. The summed E-state index contributed by atoms with van der Waals surface area (Å²) in [6.45, 7) is 5.74. The second-order valence-corrected chi connectivity index (χ2v) is 4.14. The maximum atomic E-state index is 13.2. The molecule has 0 radical (unpaired) electrons. The van der Waals surface area contributed by atoms with Crippen LogP contribution in [0.4, 0.5) is 4.39 Å². The van der Waals surface area contributed by atoms with Crippen LogP contribution in [-0.4, -0.2) is 36.2 Å². The lowest BCUT2D eigenvalue weighted by molar-refractivity contribution is 0.182. The molecule has 88 valence electrons. The van der Waals surface area contributed by atoms with Gasteiger partial charge in [0, 0.05) is 37.8 Å². The normalized spacial score (nSPS) is 19.6. The van der Waals surface area contributed by atoms with Crippen molar-refractivity contribution in [3.05, 3.63) is 29.6 Å². The van der Waals surface area contributed by atoms with E-state index < -0.39 is 5.82 Å². The lowest BCUT2D eigenvalue weighted by Gasteiger charge is -2.33. The minimum Gasteiger partial charge on any atom is -0.505 e. The van der Waals surface area contributed by atoms with Gasteiger partial charge in [-0.1, -0.05) is 12.1 Å². The Morgan fingerprint density at radius 1 is 1.38 bits per heavy atom. The van der Waals surface area contributed by atoms with Crippen LogP contribution in [0.2, 0.25) is 0 Å². The van der Waals surface area contributed by atoms with Crippen molar-refractivity contribution >= 4 is 0 Å². The van der Waals surface area contributed by atoms with Crippen LogP contribution in [0, 0.1) is 5.82 Å². The Kier molecular flexibility index (Phi) is 3.41. The first kappa shape index (κ1) is 11.4. The van der Waals surface area contributed by atoms with Gasteiger partial charge in [-0.2, -0.15) is 0 Å². The highest BCUT2D eigenvalue weighted by Gasteiger charge is 2.21. The molecule has 0 spiro atoms. The summed E-state index contributed by atoms with van der Waals surface area (Å²) >= 11 is 0. The van der Waals surface area contributed by atoms with Gasteiger partial charge in [0.2, 0.25) is 0 Å². The molecule has 1 aromatic rings. The summed E-state index contributed by atoms with van der Waals surface area (Å²) in [5.74, 6) is -0.756. The summed E-state index contributed by atoms with van der Waals surface area (Å²) in [5.41, 5.74) is 0.668. The minimum atomic E-state index is -0.542. The van der Waals surface area contributed by atoms with Crippen molar-refractivity contribution in [2.75, 3.05) is 26.2 Å². The van der Waals surface area contributed by atoms with Crippen molar-refractivity contribution in [2.45, 2.75) is 13.0 Å². The number of nitrogens with one attached hydrogen (secondary N) is 1. The summed E-state index contributed by atoms with van der Waals surface area (Å²) < 4.78 is 13.2. The smallest absolute Gasteiger partial charge is 0.165 e. The number of rotatable bonds is 2. The summed E-state index contributed by atoms with van der Waals surface area (Å²) in [6.07, 6.45) is 0. The highest BCUT2D eigenvalue weighted by atomic mass is 19.1. The van der Waals surface area contributed by atoms with Gasteiger partial charge in [-0.15, -0.1) is 0 Å². The number of hydrogen-bond donors (Lipinski definition) is 2. The average molecular weight is 224 g/mol. The van der Waals surface area contributed by atoms with Crippen molar-refractivity contribution in [3.63, 3.8) is 0 Å². The van der Waals surface area contributed by atoms with Gasteiger partial charge < -0.3 is 10.4 Å². The lowest BCUT2D eigenvalue weighted by atomic mass is 10.0. The first-order valence-electron chi connectivity index (χ1n) is 5.62. The van der Waals surface area contributed by atoms with E-state index in [1.165, 1.54) is 6.07 Å². The van der Waals surface area contributed by atoms with Crippen molar-refractivity contribution in [2.24, 2.45) is 0 Å². The molecule has 2 N–H and O–H groups in total. The van der Waals surface area contributed by atoms with Gasteiger partial charge in [-0.05, 0) is 13.0 Å². The first-order valence-corrected chi connectivity index (χ1v) is 5.62. The van der Waals surface area contributed by atoms with Crippen LogP contribution in [0.15, 0.2) is 18.2 Å². The molecule has 1 saturated heterocycles. The summed E-state index contributed by atoms with van der Waals surface area (Å²) in [5, 5.41) is 13.0. The number of phenols is 1. The van der Waals surface area contributed by atoms with Gasteiger partial charge in [-0.25, -0.2) is 4.39 Å². The number of aromatic hydroxyl groups is 1. The molecule has 0 unspecified atom stereocenters. The number of halogens is 1. The Balaban J connectivity index is 2.19. The van der Waals surface area contributed by atoms with Gasteiger partial charge in [0.1, 0.15) is 0 Å². The lowest BCUT2D eigenvalue weighted by Crippen LogP contribution is -2.44. The van der Waals surface area contributed by atoms with Gasteiger partial charge in [0.05, 0.1) is 0 Å². The molecule has 4 heteroatoms. The zero-order valence-corrected chi connectivity index (χ0v) is 9.41. The van der Waals surface area contributed by atoms with E-state index in [1.807, 2.05) is 6.92 Å². The third-order valence-corrected chi connectivity index (χ3v) is 3.17. The molecular weight excluding hydrogens is 207 g/mol. The van der Waals surface area contributed by atoms with Gasteiger partial charge >= 0.3 is 0 Å². The number of piperazine rings is 1. The quantitative estimate of drug-likeness (QED) is 0.799. The molecule has 2 rings (SSSR count). The number of hydrogen-bond acceptors (Lipinski definition) is 3. The fourth-order valence-corrected chi connectivity index (χ4v) is 2.14. The number of para-hydroxylation sites is 1. The molecule has 0 bridgehead atoms. The van der Waals surface area contributed by atoms with E-state index in [1.54, 1.807) is 12.1 Å². The van der Waals surface area contributed by atoms with E-state index >= 15 is 0 Å². The van der Waals surface area contributed by atoms with E-state index in [9.17, 15) is 9.50 Å². The monoisotopic (exact) mass is 224 g/mol. The minimum absolute atomic E-state index is 0.0535. The highest BCUT2D eigenvalue weighted by molar-refractivity contribution is 5.35. The molecule has 1 heterocycles. The Bertz CT molecular complexity index is 364. The van der Waals surface area contributed by atoms with Crippen LogP contribution in [0.25, 0.3) is 0 Å². The largest absolute Gasteiger partial charge is 0.505 e. The second-order valence-electron chi connectivity index (χ2n) is 4.14. The molecule has 0 saturated carbocycles. The van der Waals surface area contributed by atoms with Crippen LogP contribution < -0.4 is 5.32 Å². The Morgan fingerprint density at radius 3 is 2.75 bits per heavy atom. The van der Waals surface area contributed by atoms with Crippen LogP contribution in [-0.2, 0) is 0 Å². The predicted octanol–water partition coefficient (Wildman–Crippen LogP) is 1.50. The standard InChI is InChI=1S/C12H17FN2O/c1-9(15-7-5-14-6-8-15)10-3-2-4-11(13)12(10)16/h2-4,9,14,16H,5-8H2,1H3/t9-/m0/s1. The third-order valence-electron chi connectivity index (χ3n) is 3.17. The molecule has 0 aliphatic carbocycles. The molecule has 16 heavy (non-hydrogen) atoms. The summed E-state index contributed by atoms with van der Waals surface area (Å²) in [6, 6.07) is 4.76. The molecule has 1 aliphatic heterocycles. The zero-order chi connectivity index (χ0) is 11.5. The Labute approximate surface area is 94.9 Å². The molecule has 1 atom stereocenters. The fourth-order valence-electron chi connectivity index (χ4n) is 2.14. The molecular formula is C12H17FN2O. The van der Waals surface area contributed by atoms with Crippen LogP contribution >= 0.6 is 0 Å². The van der Waals surface area contributed by atoms with E-state index in [-0.39, 0.29) is 11.8 Å². The number of nitrogens with zero attached hydrogens (tertiary/aromatic N) is 1. The molecule has 0 aromatic heterocycles. The SMILES string of the molecule is C[C@@H](c1cccc(F)c1O)N1CCNCC1. The molecule has 1 aliphatic rings. The number of phenolic OH excluding ortho intramolecular Hbond substituents is 1. The van der Waals surface area contributed by atoms with Gasteiger partial charge in [0.25, 0.3) is 0 Å². The van der Waals surface area contributed by atoms with E-state index in [4.69, 9.17) is 0 Å². The van der Waals surface area contributed by atoms with Crippen LogP contribution in [0.3, 0.4) is 0 Å². The molecule has 3 nitrogen and oxygen atoms in total. The van der Waals surface area contributed by atoms with Crippen molar-refractivity contribution in [1.29, 1.82) is 0 Å². The zero-order valence-electron chi connectivity index (χ0n) is 9.41. The van der Waals surface area contributed by atoms with Crippen molar-refractivity contribution in [3.8, 4) is 5.75 Å². The predicted molar refractivity (Wildman–Crippen MR) is 60.9 cm³/mol. The molecule has 1 fully saturated rings. The Hall–Kier alpha value is -1.13. The Morgan fingerprint density at radius 2 is 2.06 bits per heavy atom. The summed E-state index contributed by atoms with van der Waals surface area (Å²) in [4.78, 5) is 2.24. The maximum Gasteiger partial charge on any atom is 0.165 e. The van der Waals surface area contributed by atoms with E-state index in [0.717, 1.165) is 26.2 Å². The average Bonchev–Trinajstić information content (AvgIpc) is 2.33. The van der Waals surface area contributed by atoms with Crippen LogP contribution in [0.1, 0.15) is 18.5 Å². The van der Waals surface area contributed by atoms with Gasteiger partial charge in [-0.3, -0.25) is 4.90 Å². The highest BCUT2D eigenvalue weighted by Crippen LogP contribution is 2.30. The van der Waals surface area contributed by atoms with Gasteiger partial charge in [0.15, 0.2) is 11.6 Å². The topological polar surface area (TPSA) is 35.5 Å². The molecule has 1 aromatic carbocycles. The fraction of sp³-hybridized carbons (Fsp3) is 0.500. The van der Waals surface area contributed by atoms with Crippen LogP contribution in [0.5, 0.6) is 5.75 Å². The second kappa shape index (κ2) is 4.80. The van der Waals surface area contributed by atoms with Crippen molar-refractivity contribution in [1.82, 2.24) is 10.2 Å². The number of benzene rings is 1.